The number of benzene rings is 3. The molecule has 9 rings (SSSR count). The molecule has 3 N–H and O–H groups in total. The first-order valence-electron chi connectivity index (χ1n) is 21.2. The normalized spacial score (nSPS) is 16.3. The number of aliphatic carboxylic acids is 1. The summed E-state index contributed by atoms with van der Waals surface area (Å²) in [5.41, 5.74) is 5.94. The van der Waals surface area contributed by atoms with Crippen molar-refractivity contribution in [1.82, 2.24) is 24.5 Å². The van der Waals surface area contributed by atoms with Crippen molar-refractivity contribution in [2.45, 2.75) is 76.3 Å². The van der Waals surface area contributed by atoms with E-state index < -0.39 is 27.8 Å². The number of amides is 2. The Kier molecular flexibility index (Phi) is 11.5. The van der Waals surface area contributed by atoms with Crippen LogP contribution in [0.2, 0.25) is 0 Å². The molecule has 62 heavy (non-hydrogen) atoms. The van der Waals surface area contributed by atoms with E-state index in [9.17, 15) is 27.9 Å². The van der Waals surface area contributed by atoms with Crippen LogP contribution in [0.3, 0.4) is 0 Å². The lowest BCUT2D eigenvalue weighted by molar-refractivity contribution is -0.142. The van der Waals surface area contributed by atoms with Gasteiger partial charge in [0.25, 0.3) is 21.8 Å². The number of carbonyl (C=O) groups excluding carboxylic acids is 2. The van der Waals surface area contributed by atoms with E-state index in [-0.39, 0.29) is 16.5 Å². The van der Waals surface area contributed by atoms with E-state index in [1.165, 1.54) is 42.7 Å². The summed E-state index contributed by atoms with van der Waals surface area (Å²) in [5.74, 6) is -1.36. The van der Waals surface area contributed by atoms with E-state index >= 15 is 0 Å². The fraction of sp³-hybridized carbons (Fsp3) is 0.348. The van der Waals surface area contributed by atoms with Gasteiger partial charge in [0.05, 0.1) is 27.2 Å². The van der Waals surface area contributed by atoms with Gasteiger partial charge < -0.3 is 14.9 Å². The predicted molar refractivity (Wildman–Crippen MR) is 239 cm³/mol. The summed E-state index contributed by atoms with van der Waals surface area (Å²) in [5, 5.41) is 17.6. The Balaban J connectivity index is 0.995. The number of carbonyl (C=O) groups is 3. The number of nitrogens with one attached hydrogen (secondary N) is 2. The van der Waals surface area contributed by atoms with Gasteiger partial charge in [0.2, 0.25) is 0 Å². The lowest BCUT2D eigenvalue weighted by Crippen LogP contribution is -2.36. The molecule has 320 valence electrons. The zero-order chi connectivity index (χ0) is 43.0. The molecule has 0 unspecified atom stereocenters. The van der Waals surface area contributed by atoms with Crippen molar-refractivity contribution >= 4 is 66.0 Å². The number of fused-ring (bicyclic) bond motifs is 2. The number of nitrogens with zero attached hydrogens (tertiary/aromatic N) is 6. The molecule has 3 aromatic carbocycles. The first-order valence-corrected chi connectivity index (χ1v) is 23.5. The molecule has 0 bridgehead atoms. The Morgan fingerprint density at radius 2 is 1.60 bits per heavy atom. The van der Waals surface area contributed by atoms with Crippen LogP contribution in [0.4, 0.5) is 16.6 Å². The number of piperidine rings is 1. The monoisotopic (exact) mass is 872 g/mol. The largest absolute Gasteiger partial charge is 0.481 e. The second kappa shape index (κ2) is 17.3. The van der Waals surface area contributed by atoms with Crippen LogP contribution in [0.5, 0.6) is 0 Å². The summed E-state index contributed by atoms with van der Waals surface area (Å²) < 4.78 is 33.0. The molecule has 0 radical (unpaired) electrons. The molecular weight excluding hydrogens is 825 g/mol. The van der Waals surface area contributed by atoms with Crippen molar-refractivity contribution in [2.24, 2.45) is 11.8 Å². The van der Waals surface area contributed by atoms with Gasteiger partial charge in [-0.05, 0) is 111 Å². The van der Waals surface area contributed by atoms with Crippen LogP contribution in [0, 0.1) is 18.8 Å². The fourth-order valence-corrected chi connectivity index (χ4v) is 10.9. The number of carboxylic acids is 1. The van der Waals surface area contributed by atoms with Gasteiger partial charge >= 0.3 is 5.97 Å². The molecule has 0 spiro atoms. The average Bonchev–Trinajstić information content (AvgIpc) is 3.87. The smallest absolute Gasteiger partial charge is 0.306 e. The molecule has 1 saturated carbocycles. The number of carboxylic acid groups (broad SMARTS) is 1. The van der Waals surface area contributed by atoms with Crippen LogP contribution in [0.25, 0.3) is 21.3 Å². The first kappa shape index (κ1) is 41.2. The number of pyridine rings is 1. The van der Waals surface area contributed by atoms with Crippen LogP contribution in [-0.4, -0.2) is 70.7 Å². The lowest BCUT2D eigenvalue weighted by Gasteiger charge is -2.32. The minimum atomic E-state index is -4.34. The molecule has 6 aromatic rings. The summed E-state index contributed by atoms with van der Waals surface area (Å²) in [6, 6.07) is 23.3. The number of para-hydroxylation sites is 1. The molecule has 16 heteroatoms. The number of sulfonamides is 1. The van der Waals surface area contributed by atoms with E-state index in [1.807, 2.05) is 69.9 Å². The van der Waals surface area contributed by atoms with Crippen molar-refractivity contribution < 1.29 is 27.9 Å². The van der Waals surface area contributed by atoms with Crippen LogP contribution >= 0.6 is 11.3 Å². The zero-order valence-electron chi connectivity index (χ0n) is 34.4. The van der Waals surface area contributed by atoms with Gasteiger partial charge in [0.1, 0.15) is 11.5 Å². The van der Waals surface area contributed by atoms with E-state index in [0.29, 0.717) is 79.0 Å². The minimum absolute atomic E-state index is 0.0584. The Labute approximate surface area is 364 Å². The van der Waals surface area contributed by atoms with Gasteiger partial charge in [-0.25, -0.2) is 23.1 Å². The highest BCUT2D eigenvalue weighted by Gasteiger charge is 2.29. The summed E-state index contributed by atoms with van der Waals surface area (Å²) in [6.07, 6.45) is 9.30. The lowest BCUT2D eigenvalue weighted by atomic mass is 9.89. The van der Waals surface area contributed by atoms with Crippen LogP contribution in [-0.2, 0) is 34.3 Å². The number of rotatable bonds is 11. The first-order chi connectivity index (χ1) is 30.0. The molecule has 3 aliphatic rings. The molecule has 2 amide bonds. The molecule has 3 aromatic heterocycles. The van der Waals surface area contributed by atoms with Gasteiger partial charge in [-0.3, -0.25) is 24.4 Å². The molecule has 5 heterocycles. The fourth-order valence-electron chi connectivity index (χ4n) is 9.05. The highest BCUT2D eigenvalue weighted by atomic mass is 32.2. The second-order valence-corrected chi connectivity index (χ2v) is 19.2. The number of thiazole rings is 1. The number of hydrogen-bond acceptors (Lipinski definition) is 11. The molecule has 2 fully saturated rings. The topological polar surface area (TPSA) is 180 Å². The van der Waals surface area contributed by atoms with Crippen molar-refractivity contribution in [1.29, 1.82) is 0 Å². The minimum Gasteiger partial charge on any atom is -0.481 e. The standard InChI is InChI=1S/C46H48N8O6S2/c1-29-37(26-47-54(29)27-30-8-3-2-4-9-30)35-18-19-41(49-42(35)44(56)51-62(59,60)34-16-14-33(15-17-34)52-23-21-32(22-24-52)45(57)58)53-25-20-31-10-7-11-36(38(31)28-53)43(55)50-46-48-39-12-5-6-13-40(39)61-46/h5-7,10-19,26,30,32H,2-4,8-9,20-25,27-28H2,1H3,(H,51,56)(H,57,58)(H,48,50,55). The Hall–Kier alpha value is -6.13. The second-order valence-electron chi connectivity index (χ2n) is 16.5. The Morgan fingerprint density at radius 1 is 0.823 bits per heavy atom. The summed E-state index contributed by atoms with van der Waals surface area (Å²) >= 11 is 1.41. The van der Waals surface area contributed by atoms with Gasteiger partial charge in [-0.2, -0.15) is 5.10 Å². The molecular formula is C46H48N8O6S2. The van der Waals surface area contributed by atoms with Crippen molar-refractivity contribution in [3.05, 3.63) is 113 Å². The van der Waals surface area contributed by atoms with Crippen LogP contribution in [0.1, 0.15) is 82.6 Å². The summed E-state index contributed by atoms with van der Waals surface area (Å²) in [7, 11) is -4.34. The van der Waals surface area contributed by atoms with E-state index in [2.05, 4.69) is 15.0 Å². The average molecular weight is 873 g/mol. The summed E-state index contributed by atoms with van der Waals surface area (Å²) in [4.78, 5) is 53.0. The molecule has 2 aliphatic heterocycles. The maximum atomic E-state index is 14.4. The maximum absolute atomic E-state index is 14.4. The molecule has 1 aliphatic carbocycles. The highest BCUT2D eigenvalue weighted by Crippen LogP contribution is 2.34. The van der Waals surface area contributed by atoms with Crippen LogP contribution < -0.4 is 19.8 Å². The van der Waals surface area contributed by atoms with Gasteiger partial charge in [-0.15, -0.1) is 0 Å². The molecule has 0 atom stereocenters. The zero-order valence-corrected chi connectivity index (χ0v) is 36.1. The van der Waals surface area contributed by atoms with E-state index in [1.54, 1.807) is 24.4 Å². The SMILES string of the molecule is Cc1c(-c2ccc(N3CCc4cccc(C(=O)Nc5nc6ccccc6s5)c4C3)nc2C(=O)NS(=O)(=O)c2ccc(N3CCC(C(=O)O)CC3)cc2)cnn1CC1CCCCC1. The molecule has 14 nitrogen and oxygen atoms in total. The third-order valence-corrected chi connectivity index (χ3v) is 14.9. The number of aromatic nitrogens is 4. The third kappa shape index (κ3) is 8.53. The summed E-state index contributed by atoms with van der Waals surface area (Å²) in [6.45, 7) is 4.71. The van der Waals surface area contributed by atoms with Crippen molar-refractivity contribution in [2.75, 3.05) is 34.8 Å². The van der Waals surface area contributed by atoms with Crippen molar-refractivity contribution in [3.8, 4) is 11.1 Å². The number of anilines is 3. The highest BCUT2D eigenvalue weighted by molar-refractivity contribution is 7.90. The number of hydrogen-bond donors (Lipinski definition) is 3. The third-order valence-electron chi connectivity index (χ3n) is 12.6. The van der Waals surface area contributed by atoms with E-state index in [0.717, 1.165) is 52.1 Å². The van der Waals surface area contributed by atoms with Gasteiger partial charge in [0.15, 0.2) is 5.13 Å². The Morgan fingerprint density at radius 3 is 2.35 bits per heavy atom. The van der Waals surface area contributed by atoms with Crippen LogP contribution in [0.15, 0.2) is 90.0 Å². The van der Waals surface area contributed by atoms with Gasteiger partial charge in [0, 0.05) is 60.8 Å². The molecule has 1 saturated heterocycles. The maximum Gasteiger partial charge on any atom is 0.306 e. The van der Waals surface area contributed by atoms with Gasteiger partial charge in [-0.1, -0.05) is 54.9 Å². The van der Waals surface area contributed by atoms with E-state index in [4.69, 9.17) is 10.1 Å². The Bertz CT molecular complexity index is 2740. The predicted octanol–water partition coefficient (Wildman–Crippen LogP) is 7.68. The van der Waals surface area contributed by atoms with Crippen molar-refractivity contribution in [3.63, 3.8) is 0 Å². The quantitative estimate of drug-likeness (QED) is 0.116.